The molecule has 1 aliphatic heterocycles. The van der Waals surface area contributed by atoms with E-state index in [1.54, 1.807) is 32.0 Å². The predicted molar refractivity (Wildman–Crippen MR) is 136 cm³/mol. The number of benzene rings is 2. The molecule has 1 atom stereocenters. The van der Waals surface area contributed by atoms with Crippen LogP contribution in [0.4, 0.5) is 0 Å². The Kier molecular flexibility index (Phi) is 7.21. The van der Waals surface area contributed by atoms with Crippen molar-refractivity contribution in [3.8, 4) is 11.5 Å². The van der Waals surface area contributed by atoms with Crippen LogP contribution < -0.4 is 24.4 Å². The molecule has 186 valence electrons. The van der Waals surface area contributed by atoms with Crippen molar-refractivity contribution in [2.24, 2.45) is 4.99 Å². The number of fused-ring (bicyclic) bond motifs is 1. The molecule has 36 heavy (non-hydrogen) atoms. The molecule has 0 saturated heterocycles. The zero-order valence-corrected chi connectivity index (χ0v) is 21.5. The minimum absolute atomic E-state index is 0.175. The zero-order valence-electron chi connectivity index (χ0n) is 20.7. The average molecular weight is 507 g/mol. The summed E-state index contributed by atoms with van der Waals surface area (Å²) in [5.41, 5.74) is 3.04. The zero-order chi connectivity index (χ0) is 26.0. The minimum atomic E-state index is -0.805. The molecule has 2 aromatic carbocycles. The number of thiazole rings is 1. The number of hydrogen-bond acceptors (Lipinski definition) is 8. The SMILES string of the molecule is CCOC(=O)C1=C(C)N=c2s/c(=C/c3ccc(C)cc3)c(=O)n2[C@H]1c1ccc(OC(C)=O)c(OC)c1. The van der Waals surface area contributed by atoms with E-state index in [4.69, 9.17) is 14.2 Å². The summed E-state index contributed by atoms with van der Waals surface area (Å²) in [7, 11) is 1.45. The number of esters is 2. The van der Waals surface area contributed by atoms with E-state index in [1.807, 2.05) is 37.3 Å². The van der Waals surface area contributed by atoms with Gasteiger partial charge in [-0.3, -0.25) is 14.2 Å². The molecular weight excluding hydrogens is 480 g/mol. The van der Waals surface area contributed by atoms with E-state index in [-0.39, 0.29) is 23.5 Å². The highest BCUT2D eigenvalue weighted by Crippen LogP contribution is 2.36. The van der Waals surface area contributed by atoms with Gasteiger partial charge in [0.2, 0.25) is 0 Å². The monoisotopic (exact) mass is 506 g/mol. The van der Waals surface area contributed by atoms with Crippen molar-refractivity contribution in [3.63, 3.8) is 0 Å². The molecule has 0 fully saturated rings. The number of carbonyl (C=O) groups excluding carboxylic acids is 2. The minimum Gasteiger partial charge on any atom is -0.493 e. The van der Waals surface area contributed by atoms with E-state index < -0.39 is 18.0 Å². The van der Waals surface area contributed by atoms with Crippen LogP contribution in [0.25, 0.3) is 6.08 Å². The first-order valence-electron chi connectivity index (χ1n) is 11.4. The molecule has 9 heteroatoms. The number of hydrogen-bond donors (Lipinski definition) is 0. The fourth-order valence-corrected chi connectivity index (χ4v) is 5.06. The summed E-state index contributed by atoms with van der Waals surface area (Å²) in [6.45, 7) is 6.91. The number of ether oxygens (including phenoxy) is 3. The number of aromatic nitrogens is 1. The molecule has 3 aromatic rings. The smallest absolute Gasteiger partial charge is 0.338 e. The molecule has 0 spiro atoms. The van der Waals surface area contributed by atoms with Gasteiger partial charge in [0.25, 0.3) is 5.56 Å². The maximum absolute atomic E-state index is 13.7. The first-order chi connectivity index (χ1) is 17.2. The fourth-order valence-electron chi connectivity index (χ4n) is 4.01. The topological polar surface area (TPSA) is 96.2 Å². The third kappa shape index (κ3) is 4.87. The summed E-state index contributed by atoms with van der Waals surface area (Å²) < 4.78 is 18.0. The van der Waals surface area contributed by atoms with Crippen molar-refractivity contribution in [3.05, 3.63) is 90.1 Å². The van der Waals surface area contributed by atoms with Crippen LogP contribution in [0.2, 0.25) is 0 Å². The van der Waals surface area contributed by atoms with Crippen LogP contribution in [-0.2, 0) is 14.3 Å². The van der Waals surface area contributed by atoms with E-state index in [9.17, 15) is 14.4 Å². The number of aryl methyl sites for hydroxylation is 1. The Labute approximate surface area is 211 Å². The molecule has 0 N–H and O–H groups in total. The predicted octanol–water partition coefficient (Wildman–Crippen LogP) is 3.04. The Morgan fingerprint density at radius 3 is 2.47 bits per heavy atom. The van der Waals surface area contributed by atoms with Gasteiger partial charge in [0.05, 0.1) is 35.6 Å². The van der Waals surface area contributed by atoms with E-state index in [1.165, 1.54) is 29.9 Å². The van der Waals surface area contributed by atoms with Gasteiger partial charge in [-0.05, 0) is 50.1 Å². The molecule has 0 saturated carbocycles. The molecule has 4 rings (SSSR count). The molecule has 1 aliphatic rings. The van der Waals surface area contributed by atoms with E-state index in [2.05, 4.69) is 4.99 Å². The van der Waals surface area contributed by atoms with Gasteiger partial charge in [-0.15, -0.1) is 0 Å². The van der Waals surface area contributed by atoms with Gasteiger partial charge in [0.15, 0.2) is 16.3 Å². The number of allylic oxidation sites excluding steroid dienone is 1. The summed E-state index contributed by atoms with van der Waals surface area (Å²) in [5.74, 6) is -0.519. The van der Waals surface area contributed by atoms with Crippen LogP contribution >= 0.6 is 11.3 Å². The largest absolute Gasteiger partial charge is 0.493 e. The summed E-state index contributed by atoms with van der Waals surface area (Å²) in [6, 6.07) is 12.0. The number of methoxy groups -OCH3 is 1. The maximum Gasteiger partial charge on any atom is 0.338 e. The molecule has 0 unspecified atom stereocenters. The molecule has 1 aromatic heterocycles. The van der Waals surface area contributed by atoms with Gasteiger partial charge in [-0.2, -0.15) is 0 Å². The lowest BCUT2D eigenvalue weighted by Gasteiger charge is -2.25. The van der Waals surface area contributed by atoms with Crippen LogP contribution in [0, 0.1) is 6.92 Å². The molecule has 0 bridgehead atoms. The van der Waals surface area contributed by atoms with Gasteiger partial charge >= 0.3 is 11.9 Å². The second-order valence-electron chi connectivity index (χ2n) is 8.22. The highest BCUT2D eigenvalue weighted by Gasteiger charge is 2.34. The fraction of sp³-hybridized carbons (Fsp3) is 0.259. The third-order valence-corrected chi connectivity index (χ3v) is 6.63. The summed E-state index contributed by atoms with van der Waals surface area (Å²) in [6.07, 6.45) is 1.81. The molecule has 8 nitrogen and oxygen atoms in total. The molecule has 2 heterocycles. The van der Waals surface area contributed by atoms with Gasteiger partial charge in [0.1, 0.15) is 0 Å². The normalized spacial score (nSPS) is 15.2. The van der Waals surface area contributed by atoms with Crippen molar-refractivity contribution < 1.29 is 23.8 Å². The molecular formula is C27H26N2O6S. The molecule has 0 amide bonds. The molecule has 0 aliphatic carbocycles. The second-order valence-corrected chi connectivity index (χ2v) is 9.23. The van der Waals surface area contributed by atoms with Crippen LogP contribution in [0.1, 0.15) is 43.5 Å². The van der Waals surface area contributed by atoms with Gasteiger partial charge < -0.3 is 14.2 Å². The van der Waals surface area contributed by atoms with E-state index in [0.29, 0.717) is 26.3 Å². The summed E-state index contributed by atoms with van der Waals surface area (Å²) >= 11 is 1.25. The number of rotatable bonds is 6. The average Bonchev–Trinajstić information content (AvgIpc) is 3.14. The van der Waals surface area contributed by atoms with Crippen LogP contribution in [-0.4, -0.2) is 30.2 Å². The number of carbonyl (C=O) groups is 2. The van der Waals surface area contributed by atoms with E-state index in [0.717, 1.165) is 11.1 Å². The standard InChI is InChI=1S/C27H26N2O6S/c1-6-34-26(32)23-16(3)28-27-29(25(31)22(36-27)13-18-9-7-15(2)8-10-18)24(23)19-11-12-20(35-17(4)30)21(14-19)33-5/h7-14,24H,6H2,1-5H3/b22-13+/t24-/m0/s1. The van der Waals surface area contributed by atoms with E-state index >= 15 is 0 Å². The highest BCUT2D eigenvalue weighted by atomic mass is 32.1. The Hall–Kier alpha value is -3.98. The van der Waals surface area contributed by atoms with Crippen molar-refractivity contribution in [2.45, 2.75) is 33.7 Å². The Balaban J connectivity index is 1.94. The van der Waals surface area contributed by atoms with Crippen LogP contribution in [0.15, 0.2) is 63.5 Å². The van der Waals surface area contributed by atoms with Crippen LogP contribution in [0.5, 0.6) is 11.5 Å². The van der Waals surface area contributed by atoms with Crippen molar-refractivity contribution in [2.75, 3.05) is 13.7 Å². The van der Waals surface area contributed by atoms with Gasteiger partial charge in [-0.1, -0.05) is 47.2 Å². The van der Waals surface area contributed by atoms with Gasteiger partial charge in [0, 0.05) is 6.92 Å². The Morgan fingerprint density at radius 2 is 1.83 bits per heavy atom. The quantitative estimate of drug-likeness (QED) is 0.377. The lowest BCUT2D eigenvalue weighted by Crippen LogP contribution is -2.40. The first kappa shape index (κ1) is 25.1. The Morgan fingerprint density at radius 1 is 1.11 bits per heavy atom. The van der Waals surface area contributed by atoms with Crippen molar-refractivity contribution >= 4 is 29.4 Å². The Bertz CT molecular complexity index is 1550. The van der Waals surface area contributed by atoms with Crippen molar-refractivity contribution in [1.29, 1.82) is 0 Å². The third-order valence-electron chi connectivity index (χ3n) is 5.65. The lowest BCUT2D eigenvalue weighted by atomic mass is 9.95. The molecule has 0 radical (unpaired) electrons. The van der Waals surface area contributed by atoms with Gasteiger partial charge in [-0.25, -0.2) is 9.79 Å². The highest BCUT2D eigenvalue weighted by molar-refractivity contribution is 7.07. The van der Waals surface area contributed by atoms with Crippen molar-refractivity contribution in [1.82, 2.24) is 4.57 Å². The summed E-state index contributed by atoms with van der Waals surface area (Å²) in [4.78, 5) is 43.3. The second kappa shape index (κ2) is 10.3. The van der Waals surface area contributed by atoms with Crippen LogP contribution in [0.3, 0.4) is 0 Å². The summed E-state index contributed by atoms with van der Waals surface area (Å²) in [5, 5.41) is 0. The lowest BCUT2D eigenvalue weighted by molar-refractivity contribution is -0.139. The maximum atomic E-state index is 13.7. The first-order valence-corrected chi connectivity index (χ1v) is 12.2. The number of nitrogens with zero attached hydrogens (tertiary/aromatic N) is 2.